The van der Waals surface area contributed by atoms with Crippen LogP contribution in [0.15, 0.2) is 0 Å². The number of aliphatic hydroxyl groups excluding tert-OH is 1. The zero-order chi connectivity index (χ0) is 10.2. The van der Waals surface area contributed by atoms with Crippen molar-refractivity contribution in [1.29, 1.82) is 0 Å². The normalized spacial score (nSPS) is 12.0. The smallest absolute Gasteiger partial charge is 0.0697 e. The summed E-state index contributed by atoms with van der Waals surface area (Å²) in [5.74, 6) is 0. The molecule has 0 heterocycles. The number of nitrogens with one attached hydrogen (secondary N) is 1. The van der Waals surface area contributed by atoms with Gasteiger partial charge in [-0.3, -0.25) is 0 Å². The summed E-state index contributed by atoms with van der Waals surface area (Å²) in [6.45, 7) is 9.97. The molecule has 0 unspecified atom stereocenters. The van der Waals surface area contributed by atoms with Crippen molar-refractivity contribution >= 4 is 0 Å². The van der Waals surface area contributed by atoms with Crippen LogP contribution >= 0.6 is 0 Å². The highest BCUT2D eigenvalue weighted by Gasteiger charge is 2.07. The molecule has 0 radical (unpaired) electrons. The molecule has 0 saturated heterocycles. The Labute approximate surface area is 81.5 Å². The molecule has 0 aromatic carbocycles. The fourth-order valence-corrected chi connectivity index (χ4v) is 0.929. The van der Waals surface area contributed by atoms with E-state index in [1.807, 2.05) is 0 Å². The summed E-state index contributed by atoms with van der Waals surface area (Å²) in [5.41, 5.74) is 0.353. The summed E-state index contributed by atoms with van der Waals surface area (Å²) in [6, 6.07) is 0. The summed E-state index contributed by atoms with van der Waals surface area (Å²) >= 11 is 0. The van der Waals surface area contributed by atoms with Crippen LogP contribution in [0.5, 0.6) is 0 Å². The molecule has 0 aliphatic heterocycles. The van der Waals surface area contributed by atoms with Crippen LogP contribution in [0.1, 0.15) is 27.2 Å². The second-order valence-corrected chi connectivity index (χ2v) is 4.43. The first-order valence-electron chi connectivity index (χ1n) is 4.95. The Hall–Kier alpha value is -0.120. The summed E-state index contributed by atoms with van der Waals surface area (Å²) < 4.78 is 5.12. The van der Waals surface area contributed by atoms with Crippen molar-refractivity contribution in [3.63, 3.8) is 0 Å². The van der Waals surface area contributed by atoms with Crippen molar-refractivity contribution in [2.24, 2.45) is 5.41 Å². The minimum Gasteiger partial charge on any atom is -0.394 e. The Morgan fingerprint density at radius 3 is 2.46 bits per heavy atom. The molecular formula is C10H23NO2. The van der Waals surface area contributed by atoms with E-state index in [4.69, 9.17) is 9.84 Å². The van der Waals surface area contributed by atoms with E-state index in [1.54, 1.807) is 0 Å². The number of hydrogen-bond acceptors (Lipinski definition) is 3. The molecule has 0 saturated carbocycles. The van der Waals surface area contributed by atoms with E-state index in [2.05, 4.69) is 26.1 Å². The maximum absolute atomic E-state index is 8.44. The molecule has 0 fully saturated rings. The van der Waals surface area contributed by atoms with Crippen molar-refractivity contribution in [1.82, 2.24) is 5.32 Å². The zero-order valence-corrected chi connectivity index (χ0v) is 9.10. The lowest BCUT2D eigenvalue weighted by Gasteiger charge is -2.18. The summed E-state index contributed by atoms with van der Waals surface area (Å²) in [6.07, 6.45) is 1.01. The SMILES string of the molecule is CC(C)(C)CNCCCOCCO. The van der Waals surface area contributed by atoms with E-state index in [9.17, 15) is 0 Å². The molecule has 13 heavy (non-hydrogen) atoms. The topological polar surface area (TPSA) is 41.5 Å². The Balaban J connectivity index is 3.00. The van der Waals surface area contributed by atoms with Crippen LogP contribution in [0.3, 0.4) is 0 Å². The third-order valence-corrected chi connectivity index (χ3v) is 1.53. The van der Waals surface area contributed by atoms with Crippen molar-refractivity contribution in [3.8, 4) is 0 Å². The largest absolute Gasteiger partial charge is 0.394 e. The highest BCUT2D eigenvalue weighted by Crippen LogP contribution is 2.09. The van der Waals surface area contributed by atoms with Crippen LogP contribution in [0.4, 0.5) is 0 Å². The van der Waals surface area contributed by atoms with Gasteiger partial charge >= 0.3 is 0 Å². The Morgan fingerprint density at radius 2 is 1.92 bits per heavy atom. The first kappa shape index (κ1) is 12.9. The van der Waals surface area contributed by atoms with Gasteiger partial charge in [-0.2, -0.15) is 0 Å². The standard InChI is InChI=1S/C10H23NO2/c1-10(2,3)9-11-5-4-7-13-8-6-12/h11-12H,4-9H2,1-3H3. The van der Waals surface area contributed by atoms with Crippen LogP contribution in [-0.4, -0.2) is 38.0 Å². The second kappa shape index (κ2) is 7.30. The predicted octanol–water partition coefficient (Wildman–Crippen LogP) is 1.02. The molecule has 0 aromatic rings. The van der Waals surface area contributed by atoms with Gasteiger partial charge in [0, 0.05) is 6.61 Å². The lowest BCUT2D eigenvalue weighted by Crippen LogP contribution is -2.28. The number of hydrogen-bond donors (Lipinski definition) is 2. The number of ether oxygens (including phenoxy) is 1. The van der Waals surface area contributed by atoms with Gasteiger partial charge in [0.05, 0.1) is 13.2 Å². The van der Waals surface area contributed by atoms with Gasteiger partial charge in [-0.25, -0.2) is 0 Å². The van der Waals surface area contributed by atoms with Crippen molar-refractivity contribution < 1.29 is 9.84 Å². The fraction of sp³-hybridized carbons (Fsp3) is 1.00. The van der Waals surface area contributed by atoms with Gasteiger partial charge < -0.3 is 15.2 Å². The molecule has 0 spiro atoms. The first-order chi connectivity index (χ1) is 6.06. The van der Waals surface area contributed by atoms with Crippen LogP contribution in [0.25, 0.3) is 0 Å². The highest BCUT2D eigenvalue weighted by atomic mass is 16.5. The number of rotatable bonds is 7. The van der Waals surface area contributed by atoms with Gasteiger partial charge in [0.1, 0.15) is 0 Å². The van der Waals surface area contributed by atoms with E-state index in [0.717, 1.165) is 26.1 Å². The van der Waals surface area contributed by atoms with Crippen LogP contribution in [0.2, 0.25) is 0 Å². The van der Waals surface area contributed by atoms with Gasteiger partial charge in [0.15, 0.2) is 0 Å². The Bertz CT molecular complexity index is 110. The van der Waals surface area contributed by atoms with Crippen molar-refractivity contribution in [3.05, 3.63) is 0 Å². The molecule has 3 heteroatoms. The van der Waals surface area contributed by atoms with E-state index in [-0.39, 0.29) is 6.61 Å². The minimum atomic E-state index is 0.120. The highest BCUT2D eigenvalue weighted by molar-refractivity contribution is 4.64. The molecule has 0 atom stereocenters. The summed E-state index contributed by atoms with van der Waals surface area (Å²) in [7, 11) is 0. The van der Waals surface area contributed by atoms with Crippen LogP contribution in [-0.2, 0) is 4.74 Å². The molecule has 0 amide bonds. The molecule has 0 aromatic heterocycles. The Kier molecular flexibility index (Phi) is 7.23. The maximum atomic E-state index is 8.44. The first-order valence-corrected chi connectivity index (χ1v) is 4.95. The molecule has 0 aliphatic carbocycles. The predicted molar refractivity (Wildman–Crippen MR) is 54.8 cm³/mol. The quantitative estimate of drug-likeness (QED) is 0.588. The summed E-state index contributed by atoms with van der Waals surface area (Å²) in [4.78, 5) is 0. The maximum Gasteiger partial charge on any atom is 0.0697 e. The molecule has 0 bridgehead atoms. The lowest BCUT2D eigenvalue weighted by atomic mass is 9.97. The van der Waals surface area contributed by atoms with E-state index >= 15 is 0 Å². The molecule has 0 rings (SSSR count). The Morgan fingerprint density at radius 1 is 1.23 bits per heavy atom. The van der Waals surface area contributed by atoms with Gasteiger partial charge in [0.25, 0.3) is 0 Å². The zero-order valence-electron chi connectivity index (χ0n) is 9.10. The molecule has 0 aliphatic rings. The van der Waals surface area contributed by atoms with Gasteiger partial charge in [-0.1, -0.05) is 20.8 Å². The van der Waals surface area contributed by atoms with E-state index in [0.29, 0.717) is 12.0 Å². The second-order valence-electron chi connectivity index (χ2n) is 4.43. The van der Waals surface area contributed by atoms with E-state index in [1.165, 1.54) is 0 Å². The minimum absolute atomic E-state index is 0.120. The third kappa shape index (κ3) is 11.9. The van der Waals surface area contributed by atoms with Crippen molar-refractivity contribution in [2.75, 3.05) is 32.9 Å². The van der Waals surface area contributed by atoms with Crippen LogP contribution in [0, 0.1) is 5.41 Å². The average molecular weight is 189 g/mol. The van der Waals surface area contributed by atoms with Crippen LogP contribution < -0.4 is 5.32 Å². The van der Waals surface area contributed by atoms with Gasteiger partial charge in [-0.05, 0) is 24.9 Å². The summed E-state index contributed by atoms with van der Waals surface area (Å²) in [5, 5.41) is 11.8. The lowest BCUT2D eigenvalue weighted by molar-refractivity contribution is 0.0904. The van der Waals surface area contributed by atoms with Gasteiger partial charge in [-0.15, -0.1) is 0 Å². The molecule has 80 valence electrons. The molecule has 2 N–H and O–H groups in total. The number of aliphatic hydroxyl groups is 1. The molecule has 3 nitrogen and oxygen atoms in total. The third-order valence-electron chi connectivity index (χ3n) is 1.53. The average Bonchev–Trinajstić information content (AvgIpc) is 2.01. The monoisotopic (exact) mass is 189 g/mol. The molecular weight excluding hydrogens is 166 g/mol. The fourth-order valence-electron chi connectivity index (χ4n) is 0.929. The van der Waals surface area contributed by atoms with E-state index < -0.39 is 0 Å². The van der Waals surface area contributed by atoms with Crippen molar-refractivity contribution in [2.45, 2.75) is 27.2 Å². The van der Waals surface area contributed by atoms with Gasteiger partial charge in [0.2, 0.25) is 0 Å².